The molecule has 1 amide bonds. The molecule has 0 spiro atoms. The van der Waals surface area contributed by atoms with Crippen LogP contribution in [0.3, 0.4) is 0 Å². The monoisotopic (exact) mass is 284 g/mol. The number of amides is 1. The number of ether oxygens (including phenoxy) is 1. The summed E-state index contributed by atoms with van der Waals surface area (Å²) in [4.78, 5) is 13.7. The van der Waals surface area contributed by atoms with E-state index in [0.717, 1.165) is 5.56 Å². The molecule has 0 atom stereocenters. The highest BCUT2D eigenvalue weighted by Crippen LogP contribution is 2.19. The van der Waals surface area contributed by atoms with Gasteiger partial charge in [-0.05, 0) is 17.7 Å². The van der Waals surface area contributed by atoms with Gasteiger partial charge in [-0.15, -0.1) is 0 Å². The number of hydrogen-bond acceptors (Lipinski definition) is 3. The predicted octanol–water partition coefficient (Wildman–Crippen LogP) is 2.70. The maximum absolute atomic E-state index is 12.0. The van der Waals surface area contributed by atoms with Gasteiger partial charge < -0.3 is 15.4 Å². The number of anilines is 1. The Balaban J connectivity index is 1.78. The minimum Gasteiger partial charge on any atom is -0.491 e. The van der Waals surface area contributed by atoms with Gasteiger partial charge in [0.05, 0.1) is 18.7 Å². The first kappa shape index (κ1) is 14.9. The normalized spacial score (nSPS) is 10.1. The molecule has 110 valence electrons. The molecule has 21 heavy (non-hydrogen) atoms. The van der Waals surface area contributed by atoms with Gasteiger partial charge in [0.25, 0.3) is 0 Å². The van der Waals surface area contributed by atoms with E-state index >= 15 is 0 Å². The fraction of sp³-hybridized carbons (Fsp3) is 0.235. The molecule has 2 aromatic carbocycles. The molecule has 0 radical (unpaired) electrons. The van der Waals surface area contributed by atoms with Crippen LogP contribution in [0.2, 0.25) is 0 Å². The number of carbonyl (C=O) groups is 1. The van der Waals surface area contributed by atoms with Crippen LogP contribution in [0.4, 0.5) is 5.69 Å². The number of benzene rings is 2. The van der Waals surface area contributed by atoms with Crippen LogP contribution in [0.15, 0.2) is 54.6 Å². The predicted molar refractivity (Wildman–Crippen MR) is 83.9 cm³/mol. The highest BCUT2D eigenvalue weighted by molar-refractivity contribution is 5.76. The molecule has 0 aliphatic rings. The van der Waals surface area contributed by atoms with Gasteiger partial charge in [-0.1, -0.05) is 42.5 Å². The van der Waals surface area contributed by atoms with Crippen molar-refractivity contribution in [2.24, 2.45) is 0 Å². The van der Waals surface area contributed by atoms with Crippen LogP contribution in [-0.4, -0.2) is 24.5 Å². The van der Waals surface area contributed by atoms with Gasteiger partial charge in [-0.25, -0.2) is 0 Å². The Hall–Kier alpha value is -2.49. The molecule has 0 saturated heterocycles. The lowest BCUT2D eigenvalue weighted by Gasteiger charge is -2.17. The Morgan fingerprint density at radius 1 is 1.10 bits per heavy atom. The van der Waals surface area contributed by atoms with E-state index in [9.17, 15) is 4.79 Å². The van der Waals surface area contributed by atoms with E-state index in [2.05, 4.69) is 0 Å². The Labute approximate surface area is 125 Å². The first-order valence-corrected chi connectivity index (χ1v) is 6.92. The molecule has 2 N–H and O–H groups in total. The quantitative estimate of drug-likeness (QED) is 0.830. The maximum atomic E-state index is 12.0. The van der Waals surface area contributed by atoms with Gasteiger partial charge in [0.2, 0.25) is 5.91 Å². The molecule has 0 unspecified atom stereocenters. The summed E-state index contributed by atoms with van der Waals surface area (Å²) >= 11 is 0. The summed E-state index contributed by atoms with van der Waals surface area (Å²) in [6.07, 6.45) is 0.331. The van der Waals surface area contributed by atoms with Crippen molar-refractivity contribution < 1.29 is 9.53 Å². The number of nitrogens with zero attached hydrogens (tertiary/aromatic N) is 1. The lowest BCUT2D eigenvalue weighted by atomic mass is 10.2. The summed E-state index contributed by atoms with van der Waals surface area (Å²) in [6.45, 7) is 0.930. The molecular weight excluding hydrogens is 264 g/mol. The smallest absolute Gasteiger partial charge is 0.226 e. The summed E-state index contributed by atoms with van der Waals surface area (Å²) in [5.41, 5.74) is 7.48. The summed E-state index contributed by atoms with van der Waals surface area (Å²) in [6, 6.07) is 17.2. The first-order chi connectivity index (χ1) is 10.2. The van der Waals surface area contributed by atoms with Crippen molar-refractivity contribution in [3.8, 4) is 5.75 Å². The molecule has 0 heterocycles. The zero-order valence-electron chi connectivity index (χ0n) is 12.2. The number of para-hydroxylation sites is 2. The fourth-order valence-corrected chi connectivity index (χ4v) is 2.00. The van der Waals surface area contributed by atoms with Crippen LogP contribution < -0.4 is 10.5 Å². The van der Waals surface area contributed by atoms with Crippen molar-refractivity contribution >= 4 is 11.6 Å². The second-order valence-corrected chi connectivity index (χ2v) is 4.87. The lowest BCUT2D eigenvalue weighted by molar-refractivity contribution is -0.130. The Kier molecular flexibility index (Phi) is 5.21. The standard InChI is InChI=1S/C17H20N2O2/c1-19(13-14-7-3-2-4-8-14)17(20)11-12-21-16-10-6-5-9-15(16)18/h2-10H,11-13,18H2,1H3. The van der Waals surface area contributed by atoms with E-state index in [1.54, 1.807) is 24.1 Å². The zero-order chi connectivity index (χ0) is 15.1. The Bertz CT molecular complexity index is 584. The molecule has 0 aliphatic heterocycles. The van der Waals surface area contributed by atoms with E-state index in [0.29, 0.717) is 31.0 Å². The number of rotatable bonds is 6. The SMILES string of the molecule is CN(Cc1ccccc1)C(=O)CCOc1ccccc1N. The van der Waals surface area contributed by atoms with Crippen LogP contribution in [-0.2, 0) is 11.3 Å². The third-order valence-corrected chi connectivity index (χ3v) is 3.18. The van der Waals surface area contributed by atoms with Crippen molar-refractivity contribution in [1.29, 1.82) is 0 Å². The number of nitrogen functional groups attached to an aromatic ring is 1. The van der Waals surface area contributed by atoms with Gasteiger partial charge in [0.1, 0.15) is 5.75 Å². The summed E-state index contributed by atoms with van der Waals surface area (Å²) in [5.74, 6) is 0.671. The van der Waals surface area contributed by atoms with E-state index in [1.807, 2.05) is 42.5 Å². The third kappa shape index (κ3) is 4.53. The van der Waals surface area contributed by atoms with Crippen molar-refractivity contribution in [2.75, 3.05) is 19.4 Å². The Morgan fingerprint density at radius 3 is 2.48 bits per heavy atom. The molecule has 4 nitrogen and oxygen atoms in total. The van der Waals surface area contributed by atoms with Gasteiger partial charge >= 0.3 is 0 Å². The van der Waals surface area contributed by atoms with Crippen LogP contribution in [0.5, 0.6) is 5.75 Å². The summed E-state index contributed by atoms with van der Waals surface area (Å²) < 4.78 is 5.54. The molecule has 4 heteroatoms. The lowest BCUT2D eigenvalue weighted by Crippen LogP contribution is -2.27. The second-order valence-electron chi connectivity index (χ2n) is 4.87. The molecule has 2 rings (SSSR count). The van der Waals surface area contributed by atoms with E-state index in [4.69, 9.17) is 10.5 Å². The number of hydrogen-bond donors (Lipinski definition) is 1. The highest BCUT2D eigenvalue weighted by atomic mass is 16.5. The minimum absolute atomic E-state index is 0.0494. The van der Waals surface area contributed by atoms with E-state index in [1.165, 1.54) is 0 Å². The van der Waals surface area contributed by atoms with Gasteiger partial charge in [-0.3, -0.25) is 4.79 Å². The largest absolute Gasteiger partial charge is 0.491 e. The average molecular weight is 284 g/mol. The average Bonchev–Trinajstić information content (AvgIpc) is 2.50. The van der Waals surface area contributed by atoms with Gasteiger partial charge in [0.15, 0.2) is 0 Å². The van der Waals surface area contributed by atoms with Crippen LogP contribution in [0.1, 0.15) is 12.0 Å². The molecule has 0 fully saturated rings. The molecule has 0 bridgehead atoms. The summed E-state index contributed by atoms with van der Waals surface area (Å²) in [7, 11) is 1.80. The van der Waals surface area contributed by atoms with Crippen LogP contribution in [0.25, 0.3) is 0 Å². The molecule has 0 saturated carbocycles. The van der Waals surface area contributed by atoms with Crippen molar-refractivity contribution in [1.82, 2.24) is 4.90 Å². The molecule has 0 aliphatic carbocycles. The van der Waals surface area contributed by atoms with Gasteiger partial charge in [-0.2, -0.15) is 0 Å². The highest BCUT2D eigenvalue weighted by Gasteiger charge is 2.09. The topological polar surface area (TPSA) is 55.6 Å². The minimum atomic E-state index is 0.0494. The van der Waals surface area contributed by atoms with E-state index in [-0.39, 0.29) is 5.91 Å². The van der Waals surface area contributed by atoms with Gasteiger partial charge in [0, 0.05) is 13.6 Å². The Morgan fingerprint density at radius 2 is 1.76 bits per heavy atom. The zero-order valence-corrected chi connectivity index (χ0v) is 12.2. The van der Waals surface area contributed by atoms with Crippen molar-refractivity contribution in [3.63, 3.8) is 0 Å². The fourth-order valence-electron chi connectivity index (χ4n) is 2.00. The van der Waals surface area contributed by atoms with Crippen molar-refractivity contribution in [2.45, 2.75) is 13.0 Å². The molecular formula is C17H20N2O2. The number of carbonyl (C=O) groups excluding carboxylic acids is 1. The van der Waals surface area contributed by atoms with E-state index < -0.39 is 0 Å². The third-order valence-electron chi connectivity index (χ3n) is 3.18. The molecule has 2 aromatic rings. The maximum Gasteiger partial charge on any atom is 0.226 e. The first-order valence-electron chi connectivity index (χ1n) is 6.92. The second kappa shape index (κ2) is 7.33. The number of nitrogens with two attached hydrogens (primary N) is 1. The van der Waals surface area contributed by atoms with Crippen LogP contribution in [0, 0.1) is 0 Å². The molecule has 0 aromatic heterocycles. The summed E-state index contributed by atoms with van der Waals surface area (Å²) in [5, 5.41) is 0. The van der Waals surface area contributed by atoms with Crippen molar-refractivity contribution in [3.05, 3.63) is 60.2 Å². The van der Waals surface area contributed by atoms with Crippen LogP contribution >= 0.6 is 0 Å².